The smallest absolute Gasteiger partial charge is 0.223 e. The van der Waals surface area contributed by atoms with Gasteiger partial charge in [0.1, 0.15) is 5.75 Å². The molecule has 0 aliphatic carbocycles. The van der Waals surface area contributed by atoms with Gasteiger partial charge in [-0.2, -0.15) is 0 Å². The number of benzene rings is 1. The molecule has 1 aromatic carbocycles. The molecule has 3 nitrogen and oxygen atoms in total. The summed E-state index contributed by atoms with van der Waals surface area (Å²) in [5.74, 6) is 1.19. The third kappa shape index (κ3) is 2.91. The first kappa shape index (κ1) is 13.9. The van der Waals surface area contributed by atoms with Gasteiger partial charge in [-0.15, -0.1) is 0 Å². The molecule has 0 aromatic heterocycles. The first-order valence-electron chi connectivity index (χ1n) is 7.13. The molecule has 0 N–H and O–H groups in total. The largest absolute Gasteiger partial charge is 0.497 e. The van der Waals surface area contributed by atoms with Gasteiger partial charge in [-0.1, -0.05) is 19.4 Å². The highest BCUT2D eigenvalue weighted by atomic mass is 16.5. The summed E-state index contributed by atoms with van der Waals surface area (Å²) in [6.45, 7) is 5.06. The molecule has 1 heterocycles. The fourth-order valence-corrected chi connectivity index (χ4v) is 2.75. The Hall–Kier alpha value is -1.51. The Morgan fingerprint density at radius 2 is 2.26 bits per heavy atom. The van der Waals surface area contributed by atoms with Gasteiger partial charge in [-0.25, -0.2) is 0 Å². The molecule has 1 aliphatic heterocycles. The number of nitrogens with zero attached hydrogens (tertiary/aromatic N) is 1. The second-order valence-electron chi connectivity index (χ2n) is 5.18. The van der Waals surface area contributed by atoms with E-state index in [0.717, 1.165) is 31.6 Å². The molecule has 0 bridgehead atoms. The number of fused-ring (bicyclic) bond motifs is 1. The average molecular weight is 261 g/mol. The van der Waals surface area contributed by atoms with Gasteiger partial charge in [0, 0.05) is 13.0 Å². The quantitative estimate of drug-likeness (QED) is 0.832. The van der Waals surface area contributed by atoms with E-state index in [1.165, 1.54) is 11.1 Å². The first-order valence-corrected chi connectivity index (χ1v) is 7.13. The molecule has 2 rings (SSSR count). The van der Waals surface area contributed by atoms with Gasteiger partial charge in [0.25, 0.3) is 0 Å². The number of carbonyl (C=O) groups excluding carboxylic acids is 1. The fraction of sp³-hybridized carbons (Fsp3) is 0.562. The lowest BCUT2D eigenvalue weighted by molar-refractivity contribution is -0.133. The number of rotatable bonds is 4. The second kappa shape index (κ2) is 6.09. The zero-order valence-corrected chi connectivity index (χ0v) is 12.1. The van der Waals surface area contributed by atoms with Crippen molar-refractivity contribution in [3.8, 4) is 5.75 Å². The molecule has 0 spiro atoms. The highest BCUT2D eigenvalue weighted by molar-refractivity contribution is 5.77. The molecule has 0 saturated carbocycles. The van der Waals surface area contributed by atoms with Crippen molar-refractivity contribution in [3.63, 3.8) is 0 Å². The summed E-state index contributed by atoms with van der Waals surface area (Å²) in [5.41, 5.74) is 2.57. The molecule has 1 unspecified atom stereocenters. The SMILES string of the molecule is CCCCC(=O)N1CCc2cc(OC)ccc2C1C. The van der Waals surface area contributed by atoms with Crippen molar-refractivity contribution in [1.29, 1.82) is 0 Å². The van der Waals surface area contributed by atoms with Crippen molar-refractivity contribution in [3.05, 3.63) is 29.3 Å². The Balaban J connectivity index is 2.15. The Morgan fingerprint density at radius 3 is 2.95 bits per heavy atom. The summed E-state index contributed by atoms with van der Waals surface area (Å²) >= 11 is 0. The number of ether oxygens (including phenoxy) is 1. The molecule has 104 valence electrons. The summed E-state index contributed by atoms with van der Waals surface area (Å²) in [7, 11) is 1.69. The molecular weight excluding hydrogens is 238 g/mol. The standard InChI is InChI=1S/C16H23NO2/c1-4-5-6-16(18)17-10-9-13-11-14(19-3)7-8-15(13)12(17)2/h7-8,11-12H,4-6,9-10H2,1-3H3. The van der Waals surface area contributed by atoms with Crippen LogP contribution in [0, 0.1) is 0 Å². The van der Waals surface area contributed by atoms with E-state index in [0.29, 0.717) is 6.42 Å². The number of carbonyl (C=O) groups is 1. The van der Waals surface area contributed by atoms with E-state index in [2.05, 4.69) is 26.0 Å². The van der Waals surface area contributed by atoms with Crippen LogP contribution in [0.3, 0.4) is 0 Å². The lowest BCUT2D eigenvalue weighted by atomic mass is 9.93. The maximum atomic E-state index is 12.2. The molecule has 19 heavy (non-hydrogen) atoms. The lowest BCUT2D eigenvalue weighted by Crippen LogP contribution is -2.38. The van der Waals surface area contributed by atoms with Crippen molar-refractivity contribution in [2.75, 3.05) is 13.7 Å². The monoisotopic (exact) mass is 261 g/mol. The molecule has 3 heteroatoms. The summed E-state index contributed by atoms with van der Waals surface area (Å²) in [6, 6.07) is 6.35. The highest BCUT2D eigenvalue weighted by Crippen LogP contribution is 2.32. The molecule has 0 saturated heterocycles. The van der Waals surface area contributed by atoms with Crippen LogP contribution < -0.4 is 4.74 Å². The number of amides is 1. The van der Waals surface area contributed by atoms with Gasteiger partial charge in [-0.3, -0.25) is 4.79 Å². The van der Waals surface area contributed by atoms with E-state index in [4.69, 9.17) is 4.74 Å². The maximum absolute atomic E-state index is 12.2. The second-order valence-corrected chi connectivity index (χ2v) is 5.18. The minimum atomic E-state index is 0.180. The average Bonchev–Trinajstić information content (AvgIpc) is 2.44. The molecular formula is C16H23NO2. The van der Waals surface area contributed by atoms with Crippen LogP contribution in [0.2, 0.25) is 0 Å². The molecule has 0 radical (unpaired) electrons. The van der Waals surface area contributed by atoms with Crippen LogP contribution >= 0.6 is 0 Å². The summed E-state index contributed by atoms with van der Waals surface area (Å²) < 4.78 is 5.26. The van der Waals surface area contributed by atoms with E-state index in [-0.39, 0.29) is 11.9 Å². The molecule has 1 aliphatic rings. The zero-order chi connectivity index (χ0) is 13.8. The van der Waals surface area contributed by atoms with Gasteiger partial charge in [-0.05, 0) is 43.0 Å². The van der Waals surface area contributed by atoms with Crippen LogP contribution in [0.1, 0.15) is 50.3 Å². The molecule has 0 fully saturated rings. The summed E-state index contributed by atoms with van der Waals surface area (Å²) in [6.07, 6.45) is 3.65. The maximum Gasteiger partial charge on any atom is 0.223 e. The van der Waals surface area contributed by atoms with Crippen LogP contribution in [0.4, 0.5) is 0 Å². The Bertz CT molecular complexity index is 456. The normalized spacial score (nSPS) is 18.1. The molecule has 1 amide bonds. The van der Waals surface area contributed by atoms with Gasteiger partial charge in [0.05, 0.1) is 13.2 Å². The van der Waals surface area contributed by atoms with Gasteiger partial charge in [0.15, 0.2) is 0 Å². The number of unbranched alkanes of at least 4 members (excludes halogenated alkanes) is 1. The fourth-order valence-electron chi connectivity index (χ4n) is 2.75. The third-order valence-corrected chi connectivity index (χ3v) is 3.95. The lowest BCUT2D eigenvalue weighted by Gasteiger charge is -2.35. The van der Waals surface area contributed by atoms with Crippen LogP contribution in [0.15, 0.2) is 18.2 Å². The molecule has 1 atom stereocenters. The van der Waals surface area contributed by atoms with E-state index in [1.54, 1.807) is 7.11 Å². The van der Waals surface area contributed by atoms with Crippen LogP contribution in [-0.2, 0) is 11.2 Å². The Labute approximate surface area is 115 Å². The number of hydrogen-bond acceptors (Lipinski definition) is 2. The Morgan fingerprint density at radius 1 is 1.47 bits per heavy atom. The predicted octanol–water partition coefficient (Wildman–Crippen LogP) is 3.33. The highest BCUT2D eigenvalue weighted by Gasteiger charge is 2.27. The first-order chi connectivity index (χ1) is 9.17. The van der Waals surface area contributed by atoms with E-state index >= 15 is 0 Å². The van der Waals surface area contributed by atoms with Gasteiger partial charge >= 0.3 is 0 Å². The minimum absolute atomic E-state index is 0.180. The van der Waals surface area contributed by atoms with Crippen LogP contribution in [0.25, 0.3) is 0 Å². The summed E-state index contributed by atoms with van der Waals surface area (Å²) in [5, 5.41) is 0. The zero-order valence-electron chi connectivity index (χ0n) is 12.1. The van der Waals surface area contributed by atoms with Gasteiger partial charge < -0.3 is 9.64 Å². The number of methoxy groups -OCH3 is 1. The van der Waals surface area contributed by atoms with Crippen molar-refractivity contribution in [2.45, 2.75) is 45.6 Å². The van der Waals surface area contributed by atoms with Crippen molar-refractivity contribution in [2.24, 2.45) is 0 Å². The van der Waals surface area contributed by atoms with Crippen molar-refractivity contribution in [1.82, 2.24) is 4.90 Å². The number of hydrogen-bond donors (Lipinski definition) is 0. The van der Waals surface area contributed by atoms with E-state index in [9.17, 15) is 4.79 Å². The summed E-state index contributed by atoms with van der Waals surface area (Å²) in [4.78, 5) is 14.2. The van der Waals surface area contributed by atoms with E-state index < -0.39 is 0 Å². The third-order valence-electron chi connectivity index (χ3n) is 3.95. The Kier molecular flexibility index (Phi) is 4.46. The minimum Gasteiger partial charge on any atom is -0.497 e. The van der Waals surface area contributed by atoms with Crippen molar-refractivity contribution >= 4 is 5.91 Å². The van der Waals surface area contributed by atoms with Crippen LogP contribution in [0.5, 0.6) is 5.75 Å². The van der Waals surface area contributed by atoms with Crippen molar-refractivity contribution < 1.29 is 9.53 Å². The topological polar surface area (TPSA) is 29.5 Å². The predicted molar refractivity (Wildman–Crippen MR) is 76.4 cm³/mol. The van der Waals surface area contributed by atoms with E-state index in [1.807, 2.05) is 11.0 Å². The van der Waals surface area contributed by atoms with Crippen LogP contribution in [-0.4, -0.2) is 24.5 Å². The van der Waals surface area contributed by atoms with Gasteiger partial charge in [0.2, 0.25) is 5.91 Å². The molecule has 1 aromatic rings.